The van der Waals surface area contributed by atoms with Crippen molar-refractivity contribution in [1.82, 2.24) is 15.3 Å². The first-order valence-electron chi connectivity index (χ1n) is 9.40. The van der Waals surface area contributed by atoms with Crippen LogP contribution >= 0.6 is 0 Å². The second-order valence-corrected chi connectivity index (χ2v) is 6.60. The molecule has 0 saturated carbocycles. The molecule has 0 atom stereocenters. The summed E-state index contributed by atoms with van der Waals surface area (Å²) in [4.78, 5) is 52.1. The number of aromatic nitrogens is 2. The molecule has 1 aliphatic heterocycles. The first kappa shape index (κ1) is 21.2. The number of hydrogen-bond donors (Lipinski definition) is 4. The lowest BCUT2D eigenvalue weighted by Crippen LogP contribution is -2.26. The summed E-state index contributed by atoms with van der Waals surface area (Å²) in [6, 6.07) is 13.0. The maximum Gasteiger partial charge on any atom is 0.328 e. The number of fused-ring (bicyclic) bond motifs is 1. The van der Waals surface area contributed by atoms with Crippen molar-refractivity contribution in [2.24, 2.45) is 10.2 Å². The number of aromatic amines is 2. The average molecular weight is 449 g/mol. The van der Waals surface area contributed by atoms with Crippen LogP contribution in [0, 0.1) is 0 Å². The summed E-state index contributed by atoms with van der Waals surface area (Å²) in [6.07, 6.45) is 1.33. The molecule has 12 nitrogen and oxygen atoms in total. The maximum atomic E-state index is 12.7. The van der Waals surface area contributed by atoms with Gasteiger partial charge in [-0.3, -0.25) is 24.4 Å². The zero-order valence-electron chi connectivity index (χ0n) is 16.7. The number of carbonyl (C=O) groups is 2. The van der Waals surface area contributed by atoms with Crippen molar-refractivity contribution in [3.63, 3.8) is 0 Å². The van der Waals surface area contributed by atoms with Crippen molar-refractivity contribution < 1.29 is 24.2 Å². The Kier molecular flexibility index (Phi) is 5.80. The van der Waals surface area contributed by atoms with E-state index < -0.39 is 34.6 Å². The number of amides is 2. The largest absolute Gasteiger partial charge is 0.493 e. The number of aromatic hydroxyl groups is 1. The summed E-state index contributed by atoms with van der Waals surface area (Å²) in [7, 11) is 0. The molecule has 0 radical (unpaired) electrons. The Labute approximate surface area is 184 Å². The van der Waals surface area contributed by atoms with Crippen molar-refractivity contribution in [3.8, 4) is 17.4 Å². The minimum Gasteiger partial charge on any atom is -0.493 e. The molecular weight excluding hydrogens is 434 g/mol. The number of H-pyrrole nitrogens is 2. The van der Waals surface area contributed by atoms with Gasteiger partial charge in [0.25, 0.3) is 11.5 Å². The van der Waals surface area contributed by atoms with Crippen LogP contribution < -0.4 is 26.0 Å². The van der Waals surface area contributed by atoms with Crippen LogP contribution in [0.15, 0.2) is 74.0 Å². The Morgan fingerprint density at radius 3 is 2.55 bits per heavy atom. The van der Waals surface area contributed by atoms with E-state index in [9.17, 15) is 24.3 Å². The van der Waals surface area contributed by atoms with Crippen LogP contribution in [0.1, 0.15) is 15.9 Å². The summed E-state index contributed by atoms with van der Waals surface area (Å²) >= 11 is 0. The van der Waals surface area contributed by atoms with Gasteiger partial charge in [0.15, 0.2) is 11.5 Å². The molecule has 2 aromatic carbocycles. The molecule has 4 rings (SSSR count). The Balaban J connectivity index is 1.67. The highest BCUT2D eigenvalue weighted by Gasteiger charge is 2.17. The molecule has 166 valence electrons. The van der Waals surface area contributed by atoms with Gasteiger partial charge < -0.3 is 19.9 Å². The van der Waals surface area contributed by atoms with E-state index >= 15 is 0 Å². The first-order valence-corrected chi connectivity index (χ1v) is 9.40. The normalized spacial score (nSPS) is 12.7. The van der Waals surface area contributed by atoms with Gasteiger partial charge in [-0.25, -0.2) is 4.79 Å². The lowest BCUT2D eigenvalue weighted by atomic mass is 10.1. The van der Waals surface area contributed by atoms with Crippen molar-refractivity contribution in [1.29, 1.82) is 0 Å². The Morgan fingerprint density at radius 2 is 1.79 bits per heavy atom. The number of rotatable bonds is 5. The summed E-state index contributed by atoms with van der Waals surface area (Å²) in [5.41, 5.74) is -2.19. The van der Waals surface area contributed by atoms with E-state index in [1.54, 1.807) is 48.5 Å². The fourth-order valence-electron chi connectivity index (χ4n) is 2.81. The molecule has 2 amide bonds. The van der Waals surface area contributed by atoms with Gasteiger partial charge in [0.1, 0.15) is 5.70 Å². The lowest BCUT2D eigenvalue weighted by Gasteiger charge is -2.07. The van der Waals surface area contributed by atoms with Gasteiger partial charge in [0.2, 0.25) is 18.4 Å². The third-order valence-electron chi connectivity index (χ3n) is 4.36. The lowest BCUT2D eigenvalue weighted by molar-refractivity contribution is -0.115. The minimum atomic E-state index is -1.05. The van der Waals surface area contributed by atoms with E-state index in [4.69, 9.17) is 9.47 Å². The Hall–Kier alpha value is -5.00. The predicted molar refractivity (Wildman–Crippen MR) is 113 cm³/mol. The van der Waals surface area contributed by atoms with Gasteiger partial charge in [-0.15, -0.1) is 10.2 Å². The van der Waals surface area contributed by atoms with Gasteiger partial charge in [0.05, 0.1) is 0 Å². The van der Waals surface area contributed by atoms with Crippen LogP contribution in [-0.2, 0) is 4.79 Å². The molecule has 0 fully saturated rings. The van der Waals surface area contributed by atoms with Crippen LogP contribution in [0.3, 0.4) is 0 Å². The zero-order valence-corrected chi connectivity index (χ0v) is 16.7. The van der Waals surface area contributed by atoms with E-state index in [1.165, 1.54) is 6.08 Å². The molecule has 0 spiro atoms. The molecular formula is C21H15N5O7. The number of ether oxygens (including phenoxy) is 2. The summed E-state index contributed by atoms with van der Waals surface area (Å²) in [5, 5.41) is 19.0. The fourth-order valence-corrected chi connectivity index (χ4v) is 2.81. The number of carbonyl (C=O) groups excluding carboxylic acids is 2. The molecule has 33 heavy (non-hydrogen) atoms. The summed E-state index contributed by atoms with van der Waals surface area (Å²) in [5.74, 6) is -1.50. The topological polar surface area (TPSA) is 175 Å². The van der Waals surface area contributed by atoms with Crippen molar-refractivity contribution in [2.45, 2.75) is 0 Å². The SMILES string of the molecule is O=C(N=Nc1c(O)[nH]c(=O)[nH]c1=O)C(=Cc1ccc2c(c1)OCO2)NC(=O)c1ccccc1. The zero-order chi connectivity index (χ0) is 23.4. The second-order valence-electron chi connectivity index (χ2n) is 6.60. The molecule has 0 unspecified atom stereocenters. The molecule has 3 aromatic rings. The van der Waals surface area contributed by atoms with Gasteiger partial charge >= 0.3 is 11.6 Å². The summed E-state index contributed by atoms with van der Waals surface area (Å²) < 4.78 is 10.6. The number of hydrogen-bond acceptors (Lipinski definition) is 8. The molecule has 12 heteroatoms. The third kappa shape index (κ3) is 4.85. The molecule has 4 N–H and O–H groups in total. The number of benzene rings is 2. The summed E-state index contributed by atoms with van der Waals surface area (Å²) in [6.45, 7) is 0.0600. The van der Waals surface area contributed by atoms with E-state index in [-0.39, 0.29) is 18.1 Å². The van der Waals surface area contributed by atoms with Gasteiger partial charge in [0, 0.05) is 5.56 Å². The van der Waals surface area contributed by atoms with E-state index in [1.807, 2.05) is 9.97 Å². The number of nitrogens with one attached hydrogen (secondary N) is 3. The molecule has 2 heterocycles. The van der Waals surface area contributed by atoms with Crippen LogP contribution in [0.2, 0.25) is 0 Å². The van der Waals surface area contributed by atoms with Crippen LogP contribution in [0.5, 0.6) is 17.4 Å². The van der Waals surface area contributed by atoms with Gasteiger partial charge in [-0.2, -0.15) is 0 Å². The fraction of sp³-hybridized carbons (Fsp3) is 0.0476. The smallest absolute Gasteiger partial charge is 0.328 e. The van der Waals surface area contributed by atoms with E-state index in [0.29, 0.717) is 17.1 Å². The molecule has 0 saturated heterocycles. The molecule has 0 aliphatic carbocycles. The third-order valence-corrected chi connectivity index (χ3v) is 4.36. The number of azo groups is 1. The van der Waals surface area contributed by atoms with Crippen LogP contribution in [-0.4, -0.2) is 33.7 Å². The van der Waals surface area contributed by atoms with Crippen LogP contribution in [0.25, 0.3) is 6.08 Å². The van der Waals surface area contributed by atoms with Crippen molar-refractivity contribution >= 4 is 23.6 Å². The standard InChI is InChI=1S/C21H15N5O7/c27-17(12-4-2-1-3-5-12)22-13(8-11-6-7-14-15(9-11)33-10-32-14)18(28)26-25-16-19(29)23-21(31)24-20(16)30/h1-9H,10H2,(H,22,27)(H3,23,24,29,30,31). The highest BCUT2D eigenvalue weighted by Crippen LogP contribution is 2.33. The van der Waals surface area contributed by atoms with Crippen LogP contribution in [0.4, 0.5) is 5.69 Å². The van der Waals surface area contributed by atoms with E-state index in [2.05, 4.69) is 15.5 Å². The van der Waals surface area contributed by atoms with Crippen molar-refractivity contribution in [3.05, 3.63) is 86.2 Å². The minimum absolute atomic E-state index is 0.0600. The highest BCUT2D eigenvalue weighted by atomic mass is 16.7. The highest BCUT2D eigenvalue weighted by molar-refractivity contribution is 6.05. The molecule has 1 aromatic heterocycles. The number of nitrogens with zero attached hydrogens (tertiary/aromatic N) is 2. The van der Waals surface area contributed by atoms with E-state index in [0.717, 1.165) is 0 Å². The van der Waals surface area contributed by atoms with Crippen molar-refractivity contribution in [2.75, 3.05) is 6.79 Å². The van der Waals surface area contributed by atoms with Gasteiger partial charge in [-0.05, 0) is 35.9 Å². The molecule has 0 bridgehead atoms. The Morgan fingerprint density at radius 1 is 1.03 bits per heavy atom. The second kappa shape index (κ2) is 9.01. The molecule has 1 aliphatic rings. The Bertz CT molecular complexity index is 1410. The average Bonchev–Trinajstić information content (AvgIpc) is 3.26. The monoisotopic (exact) mass is 449 g/mol. The van der Waals surface area contributed by atoms with Gasteiger partial charge in [-0.1, -0.05) is 24.3 Å². The predicted octanol–water partition coefficient (Wildman–Crippen LogP) is 1.58. The first-order chi connectivity index (χ1) is 15.9. The maximum absolute atomic E-state index is 12.7. The quantitative estimate of drug-likeness (QED) is 0.338.